The molecule has 0 heterocycles. The van der Waals surface area contributed by atoms with Gasteiger partial charge < -0.3 is 6.15 Å². The molecule has 0 spiro atoms. The zero-order valence-electron chi connectivity index (χ0n) is 7.16. The monoisotopic (exact) mass is 163 g/mol. The molecular weight excluding hydrogens is 148 g/mol. The highest BCUT2D eigenvalue weighted by Crippen LogP contribution is 2.00. The molecular formula is C6H15N2O3+. The highest BCUT2D eigenvalue weighted by atomic mass is 16.6. The van der Waals surface area contributed by atoms with Gasteiger partial charge in [-0.05, 0) is 0 Å². The van der Waals surface area contributed by atoms with Crippen LogP contribution in [0.5, 0.6) is 0 Å². The lowest BCUT2D eigenvalue weighted by Gasteiger charge is -2.01. The molecule has 0 aliphatic carbocycles. The molecule has 0 aliphatic rings. The number of rotatable bonds is 4. The lowest BCUT2D eigenvalue weighted by molar-refractivity contribution is -0.507. The Hall–Kier alpha value is -0.970. The van der Waals surface area contributed by atoms with E-state index in [9.17, 15) is 14.9 Å². The van der Waals surface area contributed by atoms with E-state index in [1.54, 1.807) is 13.8 Å². The zero-order valence-corrected chi connectivity index (χ0v) is 7.16. The molecule has 1 atom stereocenters. The molecule has 0 fully saturated rings. The van der Waals surface area contributed by atoms with Crippen LogP contribution in [-0.2, 0) is 4.79 Å². The molecule has 11 heavy (non-hydrogen) atoms. The summed E-state index contributed by atoms with van der Waals surface area (Å²) in [5, 5.41) is 10.1. The van der Waals surface area contributed by atoms with Crippen molar-refractivity contribution in [1.82, 2.24) is 6.15 Å². The summed E-state index contributed by atoms with van der Waals surface area (Å²) in [5.74, 6) is -0.285. The molecule has 0 rings (SSSR count). The van der Waals surface area contributed by atoms with Crippen molar-refractivity contribution in [3.63, 3.8) is 0 Å². The van der Waals surface area contributed by atoms with Gasteiger partial charge in [-0.3, -0.25) is 14.9 Å². The number of nitro groups is 1. The van der Waals surface area contributed by atoms with Crippen LogP contribution in [0.25, 0.3) is 0 Å². The molecule has 0 aromatic carbocycles. The minimum Gasteiger partial charge on any atom is -0.369 e. The molecule has 0 saturated heterocycles. The summed E-state index contributed by atoms with van der Waals surface area (Å²) in [6.07, 6.45) is 0.541. The molecule has 4 N–H and O–H groups in total. The predicted molar refractivity (Wildman–Crippen MR) is 42.4 cm³/mol. The maximum Gasteiger partial charge on any atom is 0.270 e. The van der Waals surface area contributed by atoms with Gasteiger partial charge in [-0.15, -0.1) is 0 Å². The van der Waals surface area contributed by atoms with Gasteiger partial charge in [0.2, 0.25) is 5.78 Å². The summed E-state index contributed by atoms with van der Waals surface area (Å²) in [7, 11) is 0. The van der Waals surface area contributed by atoms with Crippen molar-refractivity contribution in [3.8, 4) is 0 Å². The number of hydrogen-bond acceptors (Lipinski definition) is 3. The van der Waals surface area contributed by atoms with Gasteiger partial charge in [0.25, 0.3) is 6.04 Å². The number of carbonyl (C=O) groups is 1. The fraction of sp³-hybridized carbons (Fsp3) is 0.833. The largest absolute Gasteiger partial charge is 0.369 e. The van der Waals surface area contributed by atoms with Gasteiger partial charge in [-0.25, -0.2) is 0 Å². The number of nitrogens with zero attached hydrogens (tertiary/aromatic N) is 1. The van der Waals surface area contributed by atoms with Gasteiger partial charge in [0, 0.05) is 17.8 Å². The molecule has 66 valence electrons. The van der Waals surface area contributed by atoms with Crippen molar-refractivity contribution in [2.75, 3.05) is 0 Å². The average molecular weight is 163 g/mol. The number of Topliss-reactive ketones (excluding diaryl/α,β-unsaturated/α-hetero) is 1. The van der Waals surface area contributed by atoms with E-state index in [4.69, 9.17) is 0 Å². The van der Waals surface area contributed by atoms with E-state index in [0.717, 1.165) is 0 Å². The molecule has 5 nitrogen and oxygen atoms in total. The summed E-state index contributed by atoms with van der Waals surface area (Å²) in [6, 6.07) is -0.981. The minimum absolute atomic E-state index is 0. The van der Waals surface area contributed by atoms with Gasteiger partial charge in [-0.2, -0.15) is 0 Å². The van der Waals surface area contributed by atoms with Crippen LogP contribution in [0.3, 0.4) is 0 Å². The number of quaternary nitrogens is 1. The van der Waals surface area contributed by atoms with Gasteiger partial charge in [0.15, 0.2) is 0 Å². The number of ketones is 1. The van der Waals surface area contributed by atoms with E-state index in [0.29, 0.717) is 6.42 Å². The van der Waals surface area contributed by atoms with Crippen molar-refractivity contribution in [2.24, 2.45) is 0 Å². The SMILES string of the molecule is CCC(=O)C(CC)[N+](=O)[O-].[NH4+]. The minimum atomic E-state index is -0.981. The van der Waals surface area contributed by atoms with Crippen LogP contribution >= 0.6 is 0 Å². The Kier molecular flexibility index (Phi) is 6.67. The second-order valence-electron chi connectivity index (χ2n) is 2.03. The van der Waals surface area contributed by atoms with E-state index in [1.165, 1.54) is 0 Å². The van der Waals surface area contributed by atoms with Crippen LogP contribution in [-0.4, -0.2) is 16.7 Å². The van der Waals surface area contributed by atoms with Crippen LogP contribution in [0.4, 0.5) is 0 Å². The van der Waals surface area contributed by atoms with Crippen molar-refractivity contribution in [2.45, 2.75) is 32.7 Å². The standard InChI is InChI=1S/C6H11NO3.H3N/c1-3-5(7(9)10)6(8)4-2;/h5H,3-4H2,1-2H3;1H3/p+1. The molecule has 0 saturated carbocycles. The summed E-state index contributed by atoms with van der Waals surface area (Å²) in [6.45, 7) is 3.27. The highest BCUT2D eigenvalue weighted by molar-refractivity contribution is 5.82. The second-order valence-corrected chi connectivity index (χ2v) is 2.03. The lowest BCUT2D eigenvalue weighted by Crippen LogP contribution is -2.27. The van der Waals surface area contributed by atoms with E-state index >= 15 is 0 Å². The van der Waals surface area contributed by atoms with Crippen LogP contribution in [0, 0.1) is 10.1 Å². The molecule has 0 aliphatic heterocycles. The van der Waals surface area contributed by atoms with Gasteiger partial charge in [0.1, 0.15) is 0 Å². The average Bonchev–Trinajstić information content (AvgIpc) is 1.88. The first-order valence-corrected chi connectivity index (χ1v) is 3.29. The smallest absolute Gasteiger partial charge is 0.270 e. The highest BCUT2D eigenvalue weighted by Gasteiger charge is 2.24. The third kappa shape index (κ3) is 3.67. The molecule has 1 unspecified atom stereocenters. The summed E-state index contributed by atoms with van der Waals surface area (Å²) < 4.78 is 0. The van der Waals surface area contributed by atoms with E-state index in [2.05, 4.69) is 0 Å². The van der Waals surface area contributed by atoms with Crippen LogP contribution in [0.15, 0.2) is 0 Å². The molecule has 0 bridgehead atoms. The zero-order chi connectivity index (χ0) is 8.15. The number of carbonyl (C=O) groups excluding carboxylic acids is 1. The Labute approximate surface area is 65.5 Å². The van der Waals surface area contributed by atoms with Gasteiger partial charge in [-0.1, -0.05) is 13.8 Å². The predicted octanol–water partition coefficient (Wildman–Crippen LogP) is 1.40. The Balaban J connectivity index is 0. The Morgan fingerprint density at radius 3 is 2.09 bits per heavy atom. The lowest BCUT2D eigenvalue weighted by atomic mass is 10.1. The van der Waals surface area contributed by atoms with E-state index in [-0.39, 0.29) is 18.4 Å². The summed E-state index contributed by atoms with van der Waals surface area (Å²) in [5.41, 5.74) is 0. The maximum atomic E-state index is 10.7. The fourth-order valence-electron chi connectivity index (χ4n) is 0.730. The Morgan fingerprint density at radius 2 is 2.00 bits per heavy atom. The van der Waals surface area contributed by atoms with Crippen LogP contribution < -0.4 is 6.15 Å². The first kappa shape index (κ1) is 12.7. The van der Waals surface area contributed by atoms with E-state index in [1.807, 2.05) is 0 Å². The van der Waals surface area contributed by atoms with Crippen molar-refractivity contribution >= 4 is 5.78 Å². The Bertz CT molecular complexity index is 147. The third-order valence-electron chi connectivity index (χ3n) is 1.36. The quantitative estimate of drug-likeness (QED) is 0.501. The Morgan fingerprint density at radius 1 is 1.55 bits per heavy atom. The first-order chi connectivity index (χ1) is 4.63. The molecule has 0 aromatic rings. The van der Waals surface area contributed by atoms with Crippen LogP contribution in [0.1, 0.15) is 26.7 Å². The van der Waals surface area contributed by atoms with Crippen LogP contribution in [0.2, 0.25) is 0 Å². The maximum absolute atomic E-state index is 10.7. The topological polar surface area (TPSA) is 96.7 Å². The number of hydrogen-bond donors (Lipinski definition) is 1. The molecule has 0 radical (unpaired) electrons. The normalized spacial score (nSPS) is 11.5. The molecule has 0 amide bonds. The van der Waals surface area contributed by atoms with Crippen molar-refractivity contribution in [3.05, 3.63) is 10.1 Å². The summed E-state index contributed by atoms with van der Waals surface area (Å²) in [4.78, 5) is 20.3. The third-order valence-corrected chi connectivity index (χ3v) is 1.36. The van der Waals surface area contributed by atoms with Crippen molar-refractivity contribution < 1.29 is 9.72 Å². The fourth-order valence-corrected chi connectivity index (χ4v) is 0.730. The van der Waals surface area contributed by atoms with Gasteiger partial charge in [0.05, 0.1) is 0 Å². The molecule has 0 aromatic heterocycles. The first-order valence-electron chi connectivity index (χ1n) is 3.29. The summed E-state index contributed by atoms with van der Waals surface area (Å²) >= 11 is 0. The van der Waals surface area contributed by atoms with E-state index < -0.39 is 11.0 Å². The second kappa shape index (κ2) is 5.79. The molecule has 5 heteroatoms. The van der Waals surface area contributed by atoms with Crippen molar-refractivity contribution in [1.29, 1.82) is 0 Å². The van der Waals surface area contributed by atoms with Gasteiger partial charge >= 0.3 is 0 Å².